The fourth-order valence-corrected chi connectivity index (χ4v) is 2.63. The van der Waals surface area contributed by atoms with E-state index >= 15 is 0 Å². The van der Waals surface area contributed by atoms with Crippen LogP contribution < -0.4 is 28.5 Å². The van der Waals surface area contributed by atoms with Crippen LogP contribution in [0, 0.1) is 6.92 Å². The molecule has 0 bridgehead atoms. The van der Waals surface area contributed by atoms with Gasteiger partial charge in [0.05, 0.1) is 21.1 Å². The van der Waals surface area contributed by atoms with Crippen molar-refractivity contribution in [3.63, 3.8) is 0 Å². The summed E-state index contributed by atoms with van der Waals surface area (Å²) in [5.41, 5.74) is 4.38. The maximum atomic E-state index is 4.62. The average Bonchev–Trinajstić information content (AvgIpc) is 2.70. The van der Waals surface area contributed by atoms with Crippen molar-refractivity contribution in [1.29, 1.82) is 0 Å². The largest absolute Gasteiger partial charge is 1.00 e. The number of hydrogen-bond acceptors (Lipinski definition) is 1. The third-order valence-corrected chi connectivity index (χ3v) is 3.31. The summed E-state index contributed by atoms with van der Waals surface area (Å²) in [6.07, 6.45) is 4.06. The molecule has 5 heteroatoms. The fourth-order valence-electron chi connectivity index (χ4n) is 2.06. The summed E-state index contributed by atoms with van der Waals surface area (Å²) in [5.74, 6) is 0.896. The minimum Gasteiger partial charge on any atom is -1.00 e. The predicted molar refractivity (Wildman–Crippen MR) is 75.1 cm³/mol. The van der Waals surface area contributed by atoms with E-state index < -0.39 is 0 Å². The zero-order valence-corrected chi connectivity index (χ0v) is 14.4. The van der Waals surface area contributed by atoms with Gasteiger partial charge >= 0.3 is 0 Å². The number of fused-ring (bicyclic) bond motifs is 1. The third kappa shape index (κ3) is 2.97. The minimum absolute atomic E-state index is 0. The lowest BCUT2D eigenvalue weighted by molar-refractivity contribution is -0.671. The molecular formula is C14H13BrIN3. The Balaban J connectivity index is 0.00000133. The molecule has 98 valence electrons. The molecule has 0 saturated carbocycles. The molecule has 0 aliphatic rings. The molecule has 1 aromatic carbocycles. The van der Waals surface area contributed by atoms with Crippen molar-refractivity contribution in [2.24, 2.45) is 7.05 Å². The molecule has 0 fully saturated rings. The van der Waals surface area contributed by atoms with Gasteiger partial charge in [0.15, 0.2) is 12.4 Å². The van der Waals surface area contributed by atoms with Gasteiger partial charge in [0.1, 0.15) is 12.9 Å². The molecule has 3 aromatic rings. The van der Waals surface area contributed by atoms with Crippen LogP contribution in [0.1, 0.15) is 5.56 Å². The van der Waals surface area contributed by atoms with Gasteiger partial charge in [-0.25, -0.2) is 9.55 Å². The van der Waals surface area contributed by atoms with E-state index in [4.69, 9.17) is 0 Å². The van der Waals surface area contributed by atoms with Gasteiger partial charge in [0, 0.05) is 0 Å². The molecule has 0 radical (unpaired) electrons. The Bertz CT molecular complexity index is 716. The Hall–Kier alpha value is -0.950. The lowest BCUT2D eigenvalue weighted by atomic mass is 10.2. The average molecular weight is 430 g/mol. The standard InChI is InChI=1S/C14H13BrN3.HI/c1-9-3-4-12-13(5-9)17-14(16-12)10-6-11(15)8-18(2)7-10;/h3-8H,1-2H3,(H,16,17);1H/q+1;/p-1. The lowest BCUT2D eigenvalue weighted by Crippen LogP contribution is -3.00. The molecule has 0 spiro atoms. The van der Waals surface area contributed by atoms with Gasteiger partial charge in [0.25, 0.3) is 0 Å². The molecular weight excluding hydrogens is 417 g/mol. The van der Waals surface area contributed by atoms with E-state index in [9.17, 15) is 0 Å². The number of aromatic amines is 1. The van der Waals surface area contributed by atoms with Gasteiger partial charge in [0.2, 0.25) is 0 Å². The quantitative estimate of drug-likeness (QED) is 0.433. The fraction of sp³-hybridized carbons (Fsp3) is 0.143. The van der Waals surface area contributed by atoms with Crippen LogP contribution in [0.5, 0.6) is 0 Å². The molecule has 0 aliphatic carbocycles. The van der Waals surface area contributed by atoms with Crippen molar-refractivity contribution < 1.29 is 28.5 Å². The summed E-state index contributed by atoms with van der Waals surface area (Å²) >= 11 is 3.50. The number of aryl methyl sites for hydroxylation is 2. The van der Waals surface area contributed by atoms with Gasteiger partial charge in [-0.2, -0.15) is 0 Å². The van der Waals surface area contributed by atoms with Crippen LogP contribution in [0.25, 0.3) is 22.4 Å². The lowest BCUT2D eigenvalue weighted by Gasteiger charge is -1.95. The second kappa shape index (κ2) is 5.58. The highest BCUT2D eigenvalue weighted by molar-refractivity contribution is 9.10. The number of nitrogens with one attached hydrogen (secondary N) is 1. The van der Waals surface area contributed by atoms with Gasteiger partial charge in [-0.1, -0.05) is 6.07 Å². The van der Waals surface area contributed by atoms with Crippen LogP contribution in [-0.2, 0) is 7.05 Å². The molecule has 19 heavy (non-hydrogen) atoms. The maximum absolute atomic E-state index is 4.62. The number of nitrogens with zero attached hydrogens (tertiary/aromatic N) is 2. The van der Waals surface area contributed by atoms with Crippen LogP contribution in [0.4, 0.5) is 0 Å². The summed E-state index contributed by atoms with van der Waals surface area (Å²) < 4.78 is 3.05. The number of hydrogen-bond donors (Lipinski definition) is 1. The van der Waals surface area contributed by atoms with Crippen LogP contribution in [0.3, 0.4) is 0 Å². The first-order valence-electron chi connectivity index (χ1n) is 5.74. The van der Waals surface area contributed by atoms with Gasteiger partial charge in [-0.05, 0) is 46.6 Å². The second-order valence-electron chi connectivity index (χ2n) is 4.51. The van der Waals surface area contributed by atoms with E-state index in [1.807, 2.05) is 23.9 Å². The number of imidazole rings is 1. The highest BCUT2D eigenvalue weighted by atomic mass is 127. The van der Waals surface area contributed by atoms with E-state index in [-0.39, 0.29) is 24.0 Å². The zero-order chi connectivity index (χ0) is 12.7. The number of H-pyrrole nitrogens is 1. The molecule has 0 amide bonds. The monoisotopic (exact) mass is 429 g/mol. The molecule has 0 aliphatic heterocycles. The van der Waals surface area contributed by atoms with Gasteiger partial charge in [-0.15, -0.1) is 0 Å². The number of aromatic nitrogens is 3. The van der Waals surface area contributed by atoms with Gasteiger partial charge < -0.3 is 29.0 Å². The molecule has 0 atom stereocenters. The van der Waals surface area contributed by atoms with Crippen molar-refractivity contribution in [1.82, 2.24) is 9.97 Å². The van der Waals surface area contributed by atoms with Crippen molar-refractivity contribution >= 4 is 27.0 Å². The van der Waals surface area contributed by atoms with Crippen LogP contribution in [0.15, 0.2) is 41.1 Å². The molecule has 3 rings (SSSR count). The summed E-state index contributed by atoms with van der Waals surface area (Å²) in [6, 6.07) is 8.30. The molecule has 2 aromatic heterocycles. The van der Waals surface area contributed by atoms with Crippen LogP contribution in [0.2, 0.25) is 0 Å². The van der Waals surface area contributed by atoms with Crippen molar-refractivity contribution in [2.75, 3.05) is 0 Å². The van der Waals surface area contributed by atoms with Crippen molar-refractivity contribution in [2.45, 2.75) is 6.92 Å². The Morgan fingerprint density at radius 3 is 2.74 bits per heavy atom. The van der Waals surface area contributed by atoms with E-state index in [0.717, 1.165) is 26.9 Å². The first kappa shape index (κ1) is 14.5. The topological polar surface area (TPSA) is 32.6 Å². The number of halogens is 2. The Labute approximate surface area is 137 Å². The molecule has 0 saturated heterocycles. The van der Waals surface area contributed by atoms with E-state index in [2.05, 4.69) is 57.2 Å². The van der Waals surface area contributed by atoms with E-state index in [0.29, 0.717) is 0 Å². The second-order valence-corrected chi connectivity index (χ2v) is 5.43. The zero-order valence-electron chi connectivity index (χ0n) is 10.6. The molecule has 2 heterocycles. The summed E-state index contributed by atoms with van der Waals surface area (Å²) in [7, 11) is 2.00. The highest BCUT2D eigenvalue weighted by Crippen LogP contribution is 2.22. The number of benzene rings is 1. The number of pyridine rings is 1. The van der Waals surface area contributed by atoms with Crippen LogP contribution in [-0.4, -0.2) is 9.97 Å². The van der Waals surface area contributed by atoms with E-state index in [1.54, 1.807) is 0 Å². The first-order chi connectivity index (χ1) is 8.61. The summed E-state index contributed by atoms with van der Waals surface area (Å²) in [4.78, 5) is 7.98. The Morgan fingerprint density at radius 2 is 2.00 bits per heavy atom. The molecule has 1 N–H and O–H groups in total. The molecule has 0 unspecified atom stereocenters. The van der Waals surface area contributed by atoms with E-state index in [1.165, 1.54) is 5.56 Å². The Morgan fingerprint density at radius 1 is 1.21 bits per heavy atom. The minimum atomic E-state index is 0. The summed E-state index contributed by atoms with van der Waals surface area (Å²) in [6.45, 7) is 2.08. The number of rotatable bonds is 1. The van der Waals surface area contributed by atoms with Crippen LogP contribution >= 0.6 is 15.9 Å². The predicted octanol–water partition coefficient (Wildman–Crippen LogP) is 0.129. The molecule has 3 nitrogen and oxygen atoms in total. The van der Waals surface area contributed by atoms with Crippen molar-refractivity contribution in [3.05, 3.63) is 46.7 Å². The SMILES string of the molecule is Cc1ccc2nc(-c3cc(Br)c[n+](C)c3)[nH]c2c1.[I-]. The first-order valence-corrected chi connectivity index (χ1v) is 6.54. The third-order valence-electron chi connectivity index (χ3n) is 2.87. The Kier molecular flexibility index (Phi) is 4.25. The normalized spacial score (nSPS) is 10.5. The summed E-state index contributed by atoms with van der Waals surface area (Å²) in [5, 5.41) is 0. The smallest absolute Gasteiger partial charge is 0.182 e. The highest BCUT2D eigenvalue weighted by Gasteiger charge is 2.09. The maximum Gasteiger partial charge on any atom is 0.182 e. The van der Waals surface area contributed by atoms with Crippen molar-refractivity contribution in [3.8, 4) is 11.4 Å². The van der Waals surface area contributed by atoms with Gasteiger partial charge in [-0.3, -0.25) is 0 Å².